The van der Waals surface area contributed by atoms with Gasteiger partial charge >= 0.3 is 0 Å². The van der Waals surface area contributed by atoms with Gasteiger partial charge in [0.15, 0.2) is 0 Å². The molecule has 1 aliphatic heterocycles. The Morgan fingerprint density at radius 2 is 1.80 bits per heavy atom. The predicted octanol–water partition coefficient (Wildman–Crippen LogP) is 2.70. The van der Waals surface area contributed by atoms with Crippen molar-refractivity contribution in [1.29, 1.82) is 0 Å². The number of rotatable bonds is 2. The second-order valence-corrected chi connectivity index (χ2v) is 6.05. The molecule has 0 aromatic heterocycles. The fourth-order valence-corrected chi connectivity index (χ4v) is 2.82. The van der Waals surface area contributed by atoms with Gasteiger partial charge in [-0.3, -0.25) is 14.5 Å². The molecule has 4 nitrogen and oxygen atoms in total. The van der Waals surface area contributed by atoms with Crippen LogP contribution < -0.4 is 10.2 Å². The maximum atomic E-state index is 12.4. The summed E-state index contributed by atoms with van der Waals surface area (Å²) < 4.78 is 1.04. The number of benzene rings is 1. The number of halogens is 1. The van der Waals surface area contributed by atoms with Gasteiger partial charge in [-0.15, -0.1) is 0 Å². The molecule has 5 heteroatoms. The van der Waals surface area contributed by atoms with Crippen LogP contribution in [0.4, 0.5) is 5.69 Å². The molecule has 2 rings (SSSR count). The topological polar surface area (TPSA) is 49.4 Å². The van der Waals surface area contributed by atoms with Crippen molar-refractivity contribution in [2.75, 3.05) is 4.90 Å². The molecule has 1 aromatic carbocycles. The van der Waals surface area contributed by atoms with Gasteiger partial charge in [-0.2, -0.15) is 0 Å². The van der Waals surface area contributed by atoms with Crippen LogP contribution in [0.25, 0.3) is 0 Å². The first-order valence-corrected chi connectivity index (χ1v) is 7.56. The summed E-state index contributed by atoms with van der Waals surface area (Å²) in [6, 6.07) is 2.99. The Morgan fingerprint density at radius 3 is 2.30 bits per heavy atom. The largest absolute Gasteiger partial charge is 0.343 e. The van der Waals surface area contributed by atoms with Gasteiger partial charge < -0.3 is 5.32 Å². The first-order valence-electron chi connectivity index (χ1n) is 6.77. The van der Waals surface area contributed by atoms with Crippen LogP contribution in [0.1, 0.15) is 31.4 Å². The third-order valence-electron chi connectivity index (χ3n) is 3.67. The van der Waals surface area contributed by atoms with Crippen molar-refractivity contribution in [1.82, 2.24) is 5.32 Å². The second kappa shape index (κ2) is 5.56. The summed E-state index contributed by atoms with van der Waals surface area (Å²) in [7, 11) is 0. The number of carbonyl (C=O) groups excluding carboxylic acids is 2. The first kappa shape index (κ1) is 15.0. The Labute approximate surface area is 127 Å². The molecule has 0 radical (unpaired) electrons. The van der Waals surface area contributed by atoms with E-state index in [4.69, 9.17) is 0 Å². The maximum Gasteiger partial charge on any atom is 0.250 e. The van der Waals surface area contributed by atoms with Gasteiger partial charge in [-0.1, -0.05) is 22.9 Å². The highest BCUT2D eigenvalue weighted by atomic mass is 79.9. The third kappa shape index (κ3) is 2.46. The average Bonchev–Trinajstić information content (AvgIpc) is 2.39. The van der Waals surface area contributed by atoms with E-state index in [1.807, 2.05) is 32.9 Å². The number of aryl methyl sites for hydroxylation is 2. The number of hydrogen-bond acceptors (Lipinski definition) is 2. The molecule has 2 atom stereocenters. The lowest BCUT2D eigenvalue weighted by Gasteiger charge is -2.37. The lowest BCUT2D eigenvalue weighted by Crippen LogP contribution is -2.62. The molecular formula is C15H19BrN2O2. The van der Waals surface area contributed by atoms with Gasteiger partial charge in [-0.25, -0.2) is 0 Å². The zero-order chi connectivity index (χ0) is 15.0. The lowest BCUT2D eigenvalue weighted by molar-refractivity contribution is -0.133. The molecule has 1 saturated heterocycles. The van der Waals surface area contributed by atoms with E-state index in [9.17, 15) is 9.59 Å². The summed E-state index contributed by atoms with van der Waals surface area (Å²) in [5.74, 6) is -0.143. The van der Waals surface area contributed by atoms with Crippen LogP contribution in [0.5, 0.6) is 0 Å². The molecule has 108 valence electrons. The Bertz CT molecular complexity index is 548. The Hall–Kier alpha value is -1.36. The summed E-state index contributed by atoms with van der Waals surface area (Å²) in [6.45, 7) is 7.61. The summed E-state index contributed by atoms with van der Waals surface area (Å²) in [5, 5.41) is 2.73. The van der Waals surface area contributed by atoms with Gasteiger partial charge in [-0.05, 0) is 50.5 Å². The summed E-state index contributed by atoms with van der Waals surface area (Å²) >= 11 is 3.53. The van der Waals surface area contributed by atoms with E-state index in [0.29, 0.717) is 6.42 Å². The van der Waals surface area contributed by atoms with Crippen LogP contribution in [-0.2, 0) is 9.59 Å². The Morgan fingerprint density at radius 1 is 1.25 bits per heavy atom. The first-order chi connectivity index (χ1) is 9.36. The van der Waals surface area contributed by atoms with E-state index in [2.05, 4.69) is 21.2 Å². The third-order valence-corrected chi connectivity index (χ3v) is 4.92. The highest BCUT2D eigenvalue weighted by Gasteiger charge is 2.38. The Kier molecular flexibility index (Phi) is 4.18. The van der Waals surface area contributed by atoms with Gasteiger partial charge in [0.1, 0.15) is 12.1 Å². The van der Waals surface area contributed by atoms with E-state index in [1.54, 1.807) is 11.8 Å². The highest BCUT2D eigenvalue weighted by Crippen LogP contribution is 2.30. The van der Waals surface area contributed by atoms with Gasteiger partial charge in [0.2, 0.25) is 11.8 Å². The van der Waals surface area contributed by atoms with Crippen molar-refractivity contribution in [2.24, 2.45) is 0 Å². The molecule has 1 heterocycles. The van der Waals surface area contributed by atoms with Gasteiger partial charge in [0, 0.05) is 10.2 Å². The maximum absolute atomic E-state index is 12.4. The van der Waals surface area contributed by atoms with E-state index in [1.165, 1.54) is 0 Å². The number of nitrogens with one attached hydrogen (secondary N) is 1. The van der Waals surface area contributed by atoms with Gasteiger partial charge in [0.25, 0.3) is 0 Å². The summed E-state index contributed by atoms with van der Waals surface area (Å²) in [5.41, 5.74) is 2.91. The smallest absolute Gasteiger partial charge is 0.250 e. The summed E-state index contributed by atoms with van der Waals surface area (Å²) in [6.07, 6.45) is 0.596. The quantitative estimate of drug-likeness (QED) is 0.901. The minimum absolute atomic E-state index is 0.0578. The number of nitrogens with zero attached hydrogens (tertiary/aromatic N) is 1. The molecular weight excluding hydrogens is 320 g/mol. The van der Waals surface area contributed by atoms with Crippen LogP contribution in [0, 0.1) is 13.8 Å². The predicted molar refractivity (Wildman–Crippen MR) is 82.8 cm³/mol. The molecule has 1 N–H and O–H groups in total. The van der Waals surface area contributed by atoms with E-state index in [0.717, 1.165) is 21.3 Å². The fraction of sp³-hybridized carbons (Fsp3) is 0.467. The molecule has 0 saturated carbocycles. The monoisotopic (exact) mass is 338 g/mol. The van der Waals surface area contributed by atoms with Crippen molar-refractivity contribution in [2.45, 2.75) is 46.2 Å². The average molecular weight is 339 g/mol. The molecule has 1 fully saturated rings. The highest BCUT2D eigenvalue weighted by molar-refractivity contribution is 9.10. The van der Waals surface area contributed by atoms with Crippen LogP contribution in [0.2, 0.25) is 0 Å². The van der Waals surface area contributed by atoms with Crippen LogP contribution in [-0.4, -0.2) is 23.9 Å². The molecule has 0 spiro atoms. The number of hydrogen-bond donors (Lipinski definition) is 1. The van der Waals surface area contributed by atoms with Crippen molar-refractivity contribution in [3.05, 3.63) is 27.7 Å². The lowest BCUT2D eigenvalue weighted by atomic mass is 10.0. The van der Waals surface area contributed by atoms with Crippen LogP contribution in [0.3, 0.4) is 0 Å². The molecule has 0 aliphatic carbocycles. The number of piperazine rings is 1. The van der Waals surface area contributed by atoms with Crippen molar-refractivity contribution >= 4 is 33.4 Å². The second-order valence-electron chi connectivity index (χ2n) is 5.26. The molecule has 2 amide bonds. The molecule has 20 heavy (non-hydrogen) atoms. The minimum atomic E-state index is -0.477. The molecule has 2 unspecified atom stereocenters. The minimum Gasteiger partial charge on any atom is -0.343 e. The standard InChI is InChI=1S/C15H19BrN2O2/c1-5-12-14(19)17-10(4)15(20)18(12)11-6-8(2)13(16)9(3)7-11/h6-7,10,12H,5H2,1-4H3,(H,17,19). The zero-order valence-electron chi connectivity index (χ0n) is 12.2. The molecule has 1 aromatic rings. The van der Waals surface area contributed by atoms with E-state index >= 15 is 0 Å². The van der Waals surface area contributed by atoms with E-state index in [-0.39, 0.29) is 11.8 Å². The van der Waals surface area contributed by atoms with Crippen LogP contribution >= 0.6 is 15.9 Å². The molecule has 1 aliphatic rings. The van der Waals surface area contributed by atoms with Gasteiger partial charge in [0.05, 0.1) is 0 Å². The number of carbonyl (C=O) groups is 2. The van der Waals surface area contributed by atoms with Crippen molar-refractivity contribution in [3.8, 4) is 0 Å². The fourth-order valence-electron chi connectivity index (χ4n) is 2.59. The van der Waals surface area contributed by atoms with Crippen molar-refractivity contribution in [3.63, 3.8) is 0 Å². The number of amides is 2. The summed E-state index contributed by atoms with van der Waals surface area (Å²) in [4.78, 5) is 26.2. The SMILES string of the molecule is CCC1C(=O)NC(C)C(=O)N1c1cc(C)c(Br)c(C)c1. The van der Waals surface area contributed by atoms with Crippen molar-refractivity contribution < 1.29 is 9.59 Å². The van der Waals surface area contributed by atoms with E-state index < -0.39 is 12.1 Å². The van der Waals surface area contributed by atoms with Crippen LogP contribution in [0.15, 0.2) is 16.6 Å². The Balaban J connectivity index is 2.51. The number of anilines is 1. The zero-order valence-corrected chi connectivity index (χ0v) is 13.7. The molecule has 0 bridgehead atoms. The normalized spacial score (nSPS) is 22.9.